The van der Waals surface area contributed by atoms with E-state index in [9.17, 15) is 9.59 Å². The van der Waals surface area contributed by atoms with Gasteiger partial charge in [0.25, 0.3) is 0 Å². The highest BCUT2D eigenvalue weighted by Crippen LogP contribution is 2.25. The lowest BCUT2D eigenvalue weighted by Gasteiger charge is -2.19. The molecule has 0 spiro atoms. The van der Waals surface area contributed by atoms with Crippen LogP contribution in [0, 0.1) is 5.92 Å². The van der Waals surface area contributed by atoms with Crippen LogP contribution < -0.4 is 10.1 Å². The number of carbonyl (C=O) groups excluding carboxylic acids is 2. The average Bonchev–Trinajstić information content (AvgIpc) is 3.32. The summed E-state index contributed by atoms with van der Waals surface area (Å²) < 4.78 is 16.0. The molecule has 0 aromatic heterocycles. The first-order chi connectivity index (χ1) is 12.7. The number of anilines is 1. The maximum atomic E-state index is 12.2. The van der Waals surface area contributed by atoms with Gasteiger partial charge in [0.2, 0.25) is 0 Å². The van der Waals surface area contributed by atoms with Crippen molar-refractivity contribution in [2.45, 2.75) is 38.2 Å². The molecule has 1 aromatic carbocycles. The van der Waals surface area contributed by atoms with Gasteiger partial charge < -0.3 is 19.1 Å². The topological polar surface area (TPSA) is 77.1 Å². The summed E-state index contributed by atoms with van der Waals surface area (Å²) in [6.07, 6.45) is 4.32. The van der Waals surface area contributed by atoms with Crippen molar-refractivity contribution in [3.05, 3.63) is 24.3 Å². The summed E-state index contributed by atoms with van der Waals surface area (Å²) in [6, 6.07) is 7.15. The first-order valence-electron chi connectivity index (χ1n) is 9.18. The van der Waals surface area contributed by atoms with E-state index in [1.54, 1.807) is 24.1 Å². The summed E-state index contributed by atoms with van der Waals surface area (Å²) >= 11 is 0. The summed E-state index contributed by atoms with van der Waals surface area (Å²) in [4.78, 5) is 25.9. The summed E-state index contributed by atoms with van der Waals surface area (Å²) in [7, 11) is 1.55. The van der Waals surface area contributed by atoms with Crippen LogP contribution >= 0.6 is 0 Å². The SMILES string of the molecule is COc1ccccc1NC(=O)OCC1CCN(C(=O)OC2CCCC2)C1. The molecule has 1 heterocycles. The van der Waals surface area contributed by atoms with Crippen molar-refractivity contribution in [2.75, 3.05) is 32.1 Å². The number of nitrogens with zero attached hydrogens (tertiary/aromatic N) is 1. The maximum absolute atomic E-state index is 12.2. The second kappa shape index (κ2) is 8.78. The van der Waals surface area contributed by atoms with E-state index in [2.05, 4.69) is 5.32 Å². The molecule has 2 fully saturated rings. The highest BCUT2D eigenvalue weighted by Gasteiger charge is 2.30. The molecule has 1 saturated carbocycles. The lowest BCUT2D eigenvalue weighted by atomic mass is 10.1. The number of ether oxygens (including phenoxy) is 3. The minimum Gasteiger partial charge on any atom is -0.495 e. The van der Waals surface area contributed by atoms with Gasteiger partial charge >= 0.3 is 12.2 Å². The van der Waals surface area contributed by atoms with Gasteiger partial charge in [-0.3, -0.25) is 5.32 Å². The van der Waals surface area contributed by atoms with Gasteiger partial charge in [-0.25, -0.2) is 9.59 Å². The third kappa shape index (κ3) is 4.80. The van der Waals surface area contributed by atoms with Crippen LogP contribution in [-0.4, -0.2) is 50.0 Å². The Morgan fingerprint density at radius 3 is 2.73 bits per heavy atom. The van der Waals surface area contributed by atoms with Crippen LogP contribution in [0.15, 0.2) is 24.3 Å². The largest absolute Gasteiger partial charge is 0.495 e. The molecular weight excluding hydrogens is 336 g/mol. The fourth-order valence-corrected chi connectivity index (χ4v) is 3.45. The van der Waals surface area contributed by atoms with Crippen LogP contribution in [0.4, 0.5) is 15.3 Å². The molecule has 1 unspecified atom stereocenters. The van der Waals surface area contributed by atoms with Gasteiger partial charge in [-0.05, 0) is 44.2 Å². The minimum absolute atomic E-state index is 0.0735. The smallest absolute Gasteiger partial charge is 0.411 e. The Morgan fingerprint density at radius 2 is 1.96 bits per heavy atom. The molecule has 2 aliphatic rings. The summed E-state index contributed by atoms with van der Waals surface area (Å²) in [5.41, 5.74) is 0.563. The van der Waals surface area contributed by atoms with Crippen molar-refractivity contribution in [2.24, 2.45) is 5.92 Å². The van der Waals surface area contributed by atoms with Crippen molar-refractivity contribution >= 4 is 17.9 Å². The van der Waals surface area contributed by atoms with Gasteiger partial charge in [-0.15, -0.1) is 0 Å². The summed E-state index contributed by atoms with van der Waals surface area (Å²) in [5, 5.41) is 2.68. The number of nitrogens with one attached hydrogen (secondary N) is 1. The molecule has 1 saturated heterocycles. The van der Waals surface area contributed by atoms with Crippen LogP contribution in [-0.2, 0) is 9.47 Å². The molecule has 7 nitrogen and oxygen atoms in total. The molecule has 1 aromatic rings. The molecule has 1 aliphatic heterocycles. The lowest BCUT2D eigenvalue weighted by molar-refractivity contribution is 0.0694. The number of hydrogen-bond acceptors (Lipinski definition) is 5. The number of rotatable bonds is 5. The highest BCUT2D eigenvalue weighted by atomic mass is 16.6. The number of likely N-dealkylation sites (tertiary alicyclic amines) is 1. The highest BCUT2D eigenvalue weighted by molar-refractivity contribution is 5.86. The van der Waals surface area contributed by atoms with Crippen LogP contribution in [0.3, 0.4) is 0 Å². The van der Waals surface area contributed by atoms with Crippen LogP contribution in [0.2, 0.25) is 0 Å². The van der Waals surface area contributed by atoms with E-state index in [0.717, 1.165) is 32.1 Å². The van der Waals surface area contributed by atoms with Gasteiger partial charge in [0.1, 0.15) is 11.9 Å². The zero-order chi connectivity index (χ0) is 18.4. The Bertz CT molecular complexity index is 630. The van der Waals surface area contributed by atoms with Crippen molar-refractivity contribution in [1.29, 1.82) is 0 Å². The second-order valence-electron chi connectivity index (χ2n) is 6.81. The number of amides is 2. The first-order valence-corrected chi connectivity index (χ1v) is 9.18. The fraction of sp³-hybridized carbons (Fsp3) is 0.579. The van der Waals surface area contributed by atoms with Crippen LogP contribution in [0.1, 0.15) is 32.1 Å². The van der Waals surface area contributed by atoms with E-state index < -0.39 is 6.09 Å². The summed E-state index contributed by atoms with van der Waals surface area (Å²) in [5.74, 6) is 0.709. The third-order valence-electron chi connectivity index (χ3n) is 4.91. The van der Waals surface area contributed by atoms with E-state index in [1.165, 1.54) is 0 Å². The second-order valence-corrected chi connectivity index (χ2v) is 6.81. The molecule has 1 N–H and O–H groups in total. The van der Waals surface area contributed by atoms with E-state index in [-0.39, 0.29) is 24.7 Å². The molecule has 0 radical (unpaired) electrons. The van der Waals surface area contributed by atoms with Gasteiger partial charge in [0.15, 0.2) is 0 Å². The van der Waals surface area contributed by atoms with Crippen molar-refractivity contribution in [3.8, 4) is 5.75 Å². The summed E-state index contributed by atoms with van der Waals surface area (Å²) in [6.45, 7) is 1.48. The molecule has 1 aliphatic carbocycles. The van der Waals surface area contributed by atoms with Crippen molar-refractivity contribution in [1.82, 2.24) is 4.90 Å². The predicted molar refractivity (Wildman–Crippen MR) is 96.4 cm³/mol. The monoisotopic (exact) mass is 362 g/mol. The number of methoxy groups -OCH3 is 1. The Labute approximate surface area is 153 Å². The first kappa shape index (κ1) is 18.4. The van der Waals surface area contributed by atoms with Crippen LogP contribution in [0.5, 0.6) is 5.75 Å². The number of carbonyl (C=O) groups is 2. The Morgan fingerprint density at radius 1 is 1.19 bits per heavy atom. The fourth-order valence-electron chi connectivity index (χ4n) is 3.45. The van der Waals surface area contributed by atoms with Gasteiger partial charge in [0.05, 0.1) is 19.4 Å². The normalized spacial score (nSPS) is 20.0. The number of para-hydroxylation sites is 2. The van der Waals surface area contributed by atoms with E-state index in [4.69, 9.17) is 14.2 Å². The van der Waals surface area contributed by atoms with Gasteiger partial charge in [-0.2, -0.15) is 0 Å². The van der Waals surface area contributed by atoms with Gasteiger partial charge in [-0.1, -0.05) is 12.1 Å². The molecule has 26 heavy (non-hydrogen) atoms. The molecule has 7 heteroatoms. The van der Waals surface area contributed by atoms with Crippen LogP contribution in [0.25, 0.3) is 0 Å². The van der Waals surface area contributed by atoms with E-state index >= 15 is 0 Å². The molecule has 2 amide bonds. The molecular formula is C19H26N2O5. The third-order valence-corrected chi connectivity index (χ3v) is 4.91. The standard InChI is InChI=1S/C19H26N2O5/c1-24-17-9-5-4-8-16(17)20-18(22)25-13-14-10-11-21(12-14)19(23)26-15-6-2-3-7-15/h4-5,8-9,14-15H,2-3,6-7,10-13H2,1H3,(H,20,22). The van der Waals surface area contributed by atoms with E-state index in [1.807, 2.05) is 12.1 Å². The Hall–Kier alpha value is -2.44. The minimum atomic E-state index is -0.526. The van der Waals surface area contributed by atoms with Crippen molar-refractivity contribution in [3.63, 3.8) is 0 Å². The van der Waals surface area contributed by atoms with Gasteiger partial charge in [0, 0.05) is 19.0 Å². The maximum Gasteiger partial charge on any atom is 0.411 e. The average molecular weight is 362 g/mol. The predicted octanol–water partition coefficient (Wildman–Crippen LogP) is 3.64. The van der Waals surface area contributed by atoms with E-state index in [0.29, 0.717) is 24.5 Å². The molecule has 142 valence electrons. The number of benzene rings is 1. The molecule has 1 atom stereocenters. The molecule has 3 rings (SSSR count). The zero-order valence-corrected chi connectivity index (χ0v) is 15.1. The quantitative estimate of drug-likeness (QED) is 0.865. The Balaban J connectivity index is 1.39. The van der Waals surface area contributed by atoms with Crippen molar-refractivity contribution < 1.29 is 23.8 Å². The molecule has 0 bridgehead atoms. The Kier molecular flexibility index (Phi) is 6.20. The lowest BCUT2D eigenvalue weighted by Crippen LogP contribution is -2.32. The number of hydrogen-bond donors (Lipinski definition) is 1. The zero-order valence-electron chi connectivity index (χ0n) is 15.1.